The quantitative estimate of drug-likeness (QED) is 0.595. The van der Waals surface area contributed by atoms with E-state index in [2.05, 4.69) is 0 Å². The first kappa shape index (κ1) is 15.8. The minimum absolute atomic E-state index is 0.256. The lowest BCUT2D eigenvalue weighted by Crippen LogP contribution is -2.35. The molecule has 0 aromatic heterocycles. The summed E-state index contributed by atoms with van der Waals surface area (Å²) in [6.07, 6.45) is -2.58. The topological polar surface area (TPSA) is 91.1 Å². The first-order valence-corrected chi connectivity index (χ1v) is 6.73. The monoisotopic (exact) mass is 297 g/mol. The van der Waals surface area contributed by atoms with Crippen LogP contribution in [0.5, 0.6) is 0 Å². The Kier molecular flexibility index (Phi) is 5.63. The molecule has 2 rings (SSSR count). The number of aliphatic hydroxyl groups excluding tert-OH is 1. The third-order valence-corrected chi connectivity index (χ3v) is 3.38. The van der Waals surface area contributed by atoms with Crippen molar-refractivity contribution in [2.45, 2.75) is 37.6 Å². The molecule has 7 heteroatoms. The molecule has 1 heterocycles. The van der Waals surface area contributed by atoms with Crippen LogP contribution in [0, 0.1) is 10.1 Å². The normalized spacial score (nSPS) is 26.7. The van der Waals surface area contributed by atoms with E-state index in [0.29, 0.717) is 0 Å². The summed E-state index contributed by atoms with van der Waals surface area (Å²) in [6.45, 7) is -0.117. The first-order valence-electron chi connectivity index (χ1n) is 6.73. The number of rotatable bonds is 7. The van der Waals surface area contributed by atoms with Crippen LogP contribution >= 0.6 is 0 Å². The molecule has 1 aliphatic rings. The Morgan fingerprint density at radius 3 is 2.76 bits per heavy atom. The van der Waals surface area contributed by atoms with Crippen molar-refractivity contribution in [3.8, 4) is 0 Å². The summed E-state index contributed by atoms with van der Waals surface area (Å²) in [5, 5.41) is 20.5. The van der Waals surface area contributed by atoms with Gasteiger partial charge in [-0.3, -0.25) is 10.1 Å². The standard InChI is InChI=1S/C14H19NO6/c1-19-14-11(16)7-12(21-14)13(8-15(17)18)20-9-10-5-3-2-4-6-10/h2-6,11-14,16H,7-9H2,1H3/t11-,12+,13-,14-/m1/s1. The van der Waals surface area contributed by atoms with Crippen LogP contribution in [-0.4, -0.2) is 48.3 Å². The van der Waals surface area contributed by atoms with Gasteiger partial charge in [-0.05, 0) is 5.56 Å². The second-order valence-electron chi connectivity index (χ2n) is 4.93. The number of methoxy groups -OCH3 is 1. The second-order valence-corrected chi connectivity index (χ2v) is 4.93. The number of benzene rings is 1. The zero-order valence-corrected chi connectivity index (χ0v) is 11.8. The van der Waals surface area contributed by atoms with E-state index in [0.717, 1.165) is 5.56 Å². The zero-order valence-electron chi connectivity index (χ0n) is 11.8. The van der Waals surface area contributed by atoms with Gasteiger partial charge in [0, 0.05) is 18.5 Å². The summed E-state index contributed by atoms with van der Waals surface area (Å²) in [5.41, 5.74) is 0.924. The third kappa shape index (κ3) is 4.47. The van der Waals surface area contributed by atoms with Crippen molar-refractivity contribution in [1.82, 2.24) is 0 Å². The van der Waals surface area contributed by atoms with E-state index in [1.54, 1.807) is 0 Å². The maximum atomic E-state index is 10.8. The fraction of sp³-hybridized carbons (Fsp3) is 0.571. The van der Waals surface area contributed by atoms with Crippen molar-refractivity contribution >= 4 is 0 Å². The van der Waals surface area contributed by atoms with Crippen LogP contribution in [0.25, 0.3) is 0 Å². The van der Waals surface area contributed by atoms with Crippen LogP contribution < -0.4 is 0 Å². The molecule has 0 bridgehead atoms. The number of nitro groups is 1. The lowest BCUT2D eigenvalue weighted by molar-refractivity contribution is -0.495. The highest BCUT2D eigenvalue weighted by Crippen LogP contribution is 2.25. The molecular formula is C14H19NO6. The highest BCUT2D eigenvalue weighted by Gasteiger charge is 2.40. The maximum absolute atomic E-state index is 10.8. The fourth-order valence-corrected chi connectivity index (χ4v) is 2.32. The van der Waals surface area contributed by atoms with E-state index in [1.165, 1.54) is 7.11 Å². The first-order chi connectivity index (χ1) is 10.1. The number of nitrogens with zero attached hydrogens (tertiary/aromatic N) is 1. The zero-order chi connectivity index (χ0) is 15.2. The molecule has 1 aromatic rings. The average molecular weight is 297 g/mol. The molecule has 1 aliphatic heterocycles. The van der Waals surface area contributed by atoms with E-state index in [1.807, 2.05) is 30.3 Å². The Morgan fingerprint density at radius 1 is 1.48 bits per heavy atom. The van der Waals surface area contributed by atoms with Crippen molar-refractivity contribution < 1.29 is 24.2 Å². The molecule has 0 amide bonds. The van der Waals surface area contributed by atoms with Crippen molar-refractivity contribution in [3.05, 3.63) is 46.0 Å². The number of hydrogen-bond donors (Lipinski definition) is 1. The van der Waals surface area contributed by atoms with Crippen LogP contribution in [0.15, 0.2) is 30.3 Å². The Hall–Kier alpha value is -1.54. The number of aliphatic hydroxyl groups is 1. The van der Waals surface area contributed by atoms with Crippen molar-refractivity contribution in [1.29, 1.82) is 0 Å². The third-order valence-electron chi connectivity index (χ3n) is 3.38. The van der Waals surface area contributed by atoms with Crippen molar-refractivity contribution in [2.75, 3.05) is 13.7 Å². The van der Waals surface area contributed by atoms with Gasteiger partial charge >= 0.3 is 0 Å². The predicted octanol–water partition coefficient (Wildman–Crippen LogP) is 0.971. The van der Waals surface area contributed by atoms with E-state index < -0.39 is 29.5 Å². The van der Waals surface area contributed by atoms with Crippen LogP contribution in [-0.2, 0) is 20.8 Å². The van der Waals surface area contributed by atoms with E-state index >= 15 is 0 Å². The molecule has 0 unspecified atom stereocenters. The Balaban J connectivity index is 1.96. The van der Waals surface area contributed by atoms with Gasteiger partial charge in [-0.25, -0.2) is 0 Å². The molecule has 21 heavy (non-hydrogen) atoms. The van der Waals surface area contributed by atoms with Gasteiger partial charge in [0.05, 0.1) is 12.7 Å². The molecule has 0 spiro atoms. The minimum Gasteiger partial charge on any atom is -0.388 e. The van der Waals surface area contributed by atoms with Crippen molar-refractivity contribution in [3.63, 3.8) is 0 Å². The van der Waals surface area contributed by atoms with Gasteiger partial charge in [0.15, 0.2) is 6.29 Å². The molecular weight excluding hydrogens is 278 g/mol. The molecule has 0 aliphatic carbocycles. The molecule has 0 radical (unpaired) electrons. The second kappa shape index (κ2) is 7.46. The summed E-state index contributed by atoms with van der Waals surface area (Å²) in [6, 6.07) is 9.39. The lowest BCUT2D eigenvalue weighted by atomic mass is 10.1. The predicted molar refractivity (Wildman–Crippen MR) is 73.2 cm³/mol. The summed E-state index contributed by atoms with van der Waals surface area (Å²) in [5.74, 6) is 0. The van der Waals surface area contributed by atoms with Gasteiger partial charge in [0.2, 0.25) is 6.54 Å². The van der Waals surface area contributed by atoms with Crippen LogP contribution in [0.4, 0.5) is 0 Å². The Bertz CT molecular complexity index is 454. The SMILES string of the molecule is CO[C@@H]1O[C@H]([C@@H](C[N+](=O)[O-])OCc2ccccc2)C[C@H]1O. The van der Waals surface area contributed by atoms with Gasteiger partial charge < -0.3 is 19.3 Å². The Morgan fingerprint density at radius 2 is 2.19 bits per heavy atom. The molecule has 0 saturated carbocycles. The largest absolute Gasteiger partial charge is 0.388 e. The van der Waals surface area contributed by atoms with Crippen LogP contribution in [0.1, 0.15) is 12.0 Å². The fourth-order valence-electron chi connectivity index (χ4n) is 2.32. The molecule has 1 aromatic carbocycles. The van der Waals surface area contributed by atoms with Gasteiger partial charge in [-0.15, -0.1) is 0 Å². The van der Waals surface area contributed by atoms with Crippen LogP contribution in [0.2, 0.25) is 0 Å². The van der Waals surface area contributed by atoms with Crippen molar-refractivity contribution in [2.24, 2.45) is 0 Å². The van der Waals surface area contributed by atoms with Crippen LogP contribution in [0.3, 0.4) is 0 Å². The molecule has 1 fully saturated rings. The highest BCUT2D eigenvalue weighted by atomic mass is 16.7. The van der Waals surface area contributed by atoms with E-state index in [4.69, 9.17) is 14.2 Å². The Labute approximate surface area is 122 Å². The van der Waals surface area contributed by atoms with Gasteiger partial charge in [-0.1, -0.05) is 30.3 Å². The number of hydrogen-bond acceptors (Lipinski definition) is 6. The molecule has 1 saturated heterocycles. The molecule has 116 valence electrons. The lowest BCUT2D eigenvalue weighted by Gasteiger charge is -2.20. The highest BCUT2D eigenvalue weighted by molar-refractivity contribution is 5.13. The number of ether oxygens (including phenoxy) is 3. The van der Waals surface area contributed by atoms with E-state index in [9.17, 15) is 15.2 Å². The minimum atomic E-state index is -0.797. The van der Waals surface area contributed by atoms with Gasteiger partial charge in [-0.2, -0.15) is 0 Å². The summed E-state index contributed by atoms with van der Waals surface area (Å²) in [7, 11) is 1.42. The summed E-state index contributed by atoms with van der Waals surface area (Å²) in [4.78, 5) is 10.3. The van der Waals surface area contributed by atoms with Gasteiger partial charge in [0.1, 0.15) is 12.2 Å². The summed E-state index contributed by atoms with van der Waals surface area (Å²) < 4.78 is 16.1. The smallest absolute Gasteiger partial charge is 0.232 e. The van der Waals surface area contributed by atoms with Gasteiger partial charge in [0.25, 0.3) is 0 Å². The summed E-state index contributed by atoms with van der Waals surface area (Å²) >= 11 is 0. The average Bonchev–Trinajstić information content (AvgIpc) is 2.85. The maximum Gasteiger partial charge on any atom is 0.232 e. The molecule has 7 nitrogen and oxygen atoms in total. The van der Waals surface area contributed by atoms with E-state index in [-0.39, 0.29) is 19.6 Å². The molecule has 1 N–H and O–H groups in total. The molecule has 4 atom stereocenters.